The highest BCUT2D eigenvalue weighted by molar-refractivity contribution is 5.97. The SMILES string of the molecule is CC1COc2c(N3CCN(C)CC3)c(F)cc3c(=O)c(C(=O)O)cn1c23.CCCCCCCCCCCCCCCCCC(=O)O. The summed E-state index contributed by atoms with van der Waals surface area (Å²) in [5, 5.41) is 17.9. The van der Waals surface area contributed by atoms with Crippen molar-refractivity contribution in [2.45, 2.75) is 123 Å². The van der Waals surface area contributed by atoms with Crippen LogP contribution in [0.4, 0.5) is 10.1 Å². The fourth-order valence-corrected chi connectivity index (χ4v) is 6.34. The number of likely N-dealkylation sites (N-methyl/N-ethyl adjacent to an activating group) is 1. The number of hydrogen-bond acceptors (Lipinski definition) is 6. The zero-order valence-corrected chi connectivity index (χ0v) is 28.3. The van der Waals surface area contributed by atoms with E-state index in [2.05, 4.69) is 11.8 Å². The van der Waals surface area contributed by atoms with Gasteiger partial charge >= 0.3 is 11.9 Å². The van der Waals surface area contributed by atoms with Crippen molar-refractivity contribution in [2.75, 3.05) is 44.7 Å². The van der Waals surface area contributed by atoms with Crippen LogP contribution in [0.5, 0.6) is 5.75 Å². The van der Waals surface area contributed by atoms with Crippen molar-refractivity contribution in [1.29, 1.82) is 0 Å². The molecule has 2 aliphatic rings. The van der Waals surface area contributed by atoms with Gasteiger partial charge in [-0.3, -0.25) is 9.59 Å². The van der Waals surface area contributed by atoms with E-state index in [1.165, 1.54) is 89.7 Å². The van der Waals surface area contributed by atoms with Crippen molar-refractivity contribution in [3.8, 4) is 5.75 Å². The Labute approximate surface area is 273 Å². The third-order valence-corrected chi connectivity index (χ3v) is 9.19. The molecule has 1 fully saturated rings. The maximum absolute atomic E-state index is 15.0. The number of ether oxygens (including phenoxy) is 1. The average Bonchev–Trinajstić information content (AvgIpc) is 3.02. The van der Waals surface area contributed by atoms with Crippen LogP contribution in [0.2, 0.25) is 0 Å². The van der Waals surface area contributed by atoms with Gasteiger partial charge < -0.3 is 29.3 Å². The molecule has 2 aliphatic heterocycles. The minimum Gasteiger partial charge on any atom is -0.487 e. The van der Waals surface area contributed by atoms with E-state index in [1.54, 1.807) is 4.57 Å². The molecule has 0 aliphatic carbocycles. The number of nitrogens with zero attached hydrogens (tertiary/aromatic N) is 3. The van der Waals surface area contributed by atoms with Crippen LogP contribution in [0.25, 0.3) is 10.9 Å². The first-order valence-electron chi connectivity index (χ1n) is 17.6. The first-order valence-corrected chi connectivity index (χ1v) is 17.6. The summed E-state index contributed by atoms with van der Waals surface area (Å²) >= 11 is 0. The number of aromatic nitrogens is 1. The Bertz CT molecular complexity index is 1320. The maximum Gasteiger partial charge on any atom is 0.341 e. The highest BCUT2D eigenvalue weighted by Crippen LogP contribution is 2.42. The quantitative estimate of drug-likeness (QED) is 0.158. The van der Waals surface area contributed by atoms with Gasteiger partial charge in [-0.2, -0.15) is 0 Å². The second-order valence-electron chi connectivity index (χ2n) is 13.1. The van der Waals surface area contributed by atoms with Crippen molar-refractivity contribution in [1.82, 2.24) is 9.47 Å². The Morgan fingerprint density at radius 1 is 0.870 bits per heavy atom. The van der Waals surface area contributed by atoms with Crippen LogP contribution in [0.3, 0.4) is 0 Å². The number of benzene rings is 1. The van der Waals surface area contributed by atoms with Gasteiger partial charge in [0.25, 0.3) is 0 Å². The van der Waals surface area contributed by atoms with Gasteiger partial charge in [0, 0.05) is 38.8 Å². The van der Waals surface area contributed by atoms with E-state index in [4.69, 9.17) is 9.84 Å². The molecule has 1 aromatic carbocycles. The first kappa shape index (κ1) is 37.3. The summed E-state index contributed by atoms with van der Waals surface area (Å²) in [6.07, 6.45) is 21.5. The van der Waals surface area contributed by atoms with E-state index in [1.807, 2.05) is 18.9 Å². The van der Waals surface area contributed by atoms with Crippen LogP contribution < -0.4 is 15.1 Å². The number of hydrogen-bond donors (Lipinski definition) is 2. The number of aromatic carboxylic acids is 1. The van der Waals surface area contributed by atoms with Gasteiger partial charge in [0.1, 0.15) is 17.9 Å². The number of halogens is 1. The smallest absolute Gasteiger partial charge is 0.341 e. The molecule has 0 spiro atoms. The zero-order valence-electron chi connectivity index (χ0n) is 28.3. The predicted molar refractivity (Wildman–Crippen MR) is 182 cm³/mol. The number of carbonyl (C=O) groups is 2. The summed E-state index contributed by atoms with van der Waals surface area (Å²) in [4.78, 5) is 38.4. The molecule has 9 nitrogen and oxygen atoms in total. The van der Waals surface area contributed by atoms with Gasteiger partial charge in [-0.05, 0) is 26.5 Å². The number of piperazine rings is 1. The van der Waals surface area contributed by atoms with Crippen molar-refractivity contribution in [3.63, 3.8) is 0 Å². The molecule has 0 radical (unpaired) electrons. The maximum atomic E-state index is 15.0. The summed E-state index contributed by atoms with van der Waals surface area (Å²) in [6, 6.07) is 0.994. The van der Waals surface area contributed by atoms with Crippen molar-refractivity contribution >= 4 is 28.5 Å². The van der Waals surface area contributed by atoms with Crippen LogP contribution in [0.1, 0.15) is 133 Å². The van der Waals surface area contributed by atoms with E-state index in [-0.39, 0.29) is 23.6 Å². The minimum absolute atomic E-state index is 0.0434. The number of pyridine rings is 1. The molecule has 0 saturated carbocycles. The average molecular weight is 646 g/mol. The number of aliphatic carboxylic acids is 1. The Kier molecular flexibility index (Phi) is 15.8. The van der Waals surface area contributed by atoms with Gasteiger partial charge in [-0.15, -0.1) is 0 Å². The van der Waals surface area contributed by atoms with Crippen LogP contribution >= 0.6 is 0 Å². The molecular weight excluding hydrogens is 589 g/mol. The molecule has 1 unspecified atom stereocenters. The minimum atomic E-state index is -1.32. The van der Waals surface area contributed by atoms with Gasteiger partial charge in [-0.25, -0.2) is 9.18 Å². The molecule has 258 valence electrons. The predicted octanol–water partition coefficient (Wildman–Crippen LogP) is 7.88. The largest absolute Gasteiger partial charge is 0.487 e. The third-order valence-electron chi connectivity index (χ3n) is 9.19. The molecule has 0 amide bonds. The Morgan fingerprint density at radius 2 is 1.39 bits per heavy atom. The van der Waals surface area contributed by atoms with E-state index in [0.717, 1.165) is 32.0 Å². The van der Waals surface area contributed by atoms with Gasteiger partial charge in [0.2, 0.25) is 5.43 Å². The molecule has 2 N–H and O–H groups in total. The van der Waals surface area contributed by atoms with Gasteiger partial charge in [-0.1, -0.05) is 96.8 Å². The molecule has 4 rings (SSSR count). The van der Waals surface area contributed by atoms with E-state index < -0.39 is 23.2 Å². The molecule has 2 aromatic rings. The number of anilines is 1. The first-order chi connectivity index (χ1) is 22.1. The summed E-state index contributed by atoms with van der Waals surface area (Å²) in [5.41, 5.74) is -0.224. The van der Waals surface area contributed by atoms with Crippen LogP contribution in [0.15, 0.2) is 17.1 Å². The van der Waals surface area contributed by atoms with Crippen molar-refractivity contribution in [3.05, 3.63) is 33.9 Å². The van der Waals surface area contributed by atoms with Gasteiger partial charge in [0.05, 0.1) is 16.9 Å². The second kappa shape index (κ2) is 19.5. The number of carboxylic acids is 2. The lowest BCUT2D eigenvalue weighted by molar-refractivity contribution is -0.137. The van der Waals surface area contributed by atoms with Crippen molar-refractivity contribution in [2.24, 2.45) is 0 Å². The van der Waals surface area contributed by atoms with E-state index in [0.29, 0.717) is 36.5 Å². The molecule has 10 heteroatoms. The van der Waals surface area contributed by atoms with Crippen molar-refractivity contribution < 1.29 is 28.9 Å². The molecule has 46 heavy (non-hydrogen) atoms. The fourth-order valence-electron chi connectivity index (χ4n) is 6.34. The summed E-state index contributed by atoms with van der Waals surface area (Å²) in [5.74, 6) is -2.20. The standard InChI is InChI=1S/C18H20FN3O4.C18H36O2/c1-10-9-26-17-14-11(16(23)12(18(24)25)8-22(10)14)7-13(19)15(17)21-5-3-20(2)4-6-21;1-2-3-4-5-6-7-8-9-10-11-12-13-14-15-16-17-18(19)20/h7-8,10H,3-6,9H2,1-2H3,(H,24,25);2-17H2,1H3,(H,19,20). The zero-order chi connectivity index (χ0) is 33.5. The molecule has 1 aromatic heterocycles. The number of rotatable bonds is 18. The highest BCUT2D eigenvalue weighted by atomic mass is 19.1. The van der Waals surface area contributed by atoms with E-state index in [9.17, 15) is 23.9 Å². The fraction of sp³-hybridized carbons (Fsp3) is 0.694. The third kappa shape index (κ3) is 11.0. The molecule has 1 atom stereocenters. The monoisotopic (exact) mass is 645 g/mol. The molecule has 1 saturated heterocycles. The highest BCUT2D eigenvalue weighted by Gasteiger charge is 2.31. The van der Waals surface area contributed by atoms with Crippen LogP contribution in [0, 0.1) is 5.82 Å². The Hall–Kier alpha value is -3.14. The molecule has 3 heterocycles. The topological polar surface area (TPSA) is 112 Å². The summed E-state index contributed by atoms with van der Waals surface area (Å²) in [7, 11) is 2.02. The number of carboxylic acid groups (broad SMARTS) is 2. The molecular formula is C36H56FN3O6. The van der Waals surface area contributed by atoms with Gasteiger partial charge in [0.15, 0.2) is 11.6 Å². The molecule has 0 bridgehead atoms. The Balaban J connectivity index is 0.000000262. The lowest BCUT2D eigenvalue weighted by Gasteiger charge is -2.37. The lowest BCUT2D eigenvalue weighted by Crippen LogP contribution is -2.45. The van der Waals surface area contributed by atoms with Crippen LogP contribution in [-0.2, 0) is 4.79 Å². The van der Waals surface area contributed by atoms with Crippen LogP contribution in [-0.4, -0.2) is 71.5 Å². The Morgan fingerprint density at radius 3 is 1.89 bits per heavy atom. The summed E-state index contributed by atoms with van der Waals surface area (Å²) < 4.78 is 22.6. The number of unbranched alkanes of at least 4 members (excludes halogenated alkanes) is 14. The van der Waals surface area contributed by atoms with E-state index >= 15 is 0 Å². The second-order valence-corrected chi connectivity index (χ2v) is 13.1. The summed E-state index contributed by atoms with van der Waals surface area (Å²) in [6.45, 7) is 7.35. The normalized spacial score (nSPS) is 16.2. The lowest BCUT2D eigenvalue weighted by atomic mass is 10.0.